The highest BCUT2D eigenvalue weighted by atomic mass is 17.3. The molecular weight excluding hydrogens is 292 g/mol. The first kappa shape index (κ1) is 15.9. The van der Waals surface area contributed by atoms with Crippen LogP contribution >= 0.6 is 0 Å². The molecule has 6 atom stereocenters. The van der Waals surface area contributed by atoms with Crippen molar-refractivity contribution in [2.45, 2.75) is 84.9 Å². The lowest BCUT2D eigenvalue weighted by atomic mass is 9.59. The van der Waals surface area contributed by atoms with E-state index in [1.54, 1.807) is 0 Å². The molecule has 2 bridgehead atoms. The molecule has 0 unspecified atom stereocenters. The van der Waals surface area contributed by atoms with Gasteiger partial charge in [0.2, 0.25) is 12.1 Å². The average Bonchev–Trinajstić information content (AvgIpc) is 2.68. The van der Waals surface area contributed by atoms with E-state index in [0.717, 1.165) is 25.0 Å². The van der Waals surface area contributed by atoms with Crippen molar-refractivity contribution in [3.63, 3.8) is 0 Å². The summed E-state index contributed by atoms with van der Waals surface area (Å²) in [7, 11) is 0. The van der Waals surface area contributed by atoms with Gasteiger partial charge in [-0.05, 0) is 44.6 Å². The second kappa shape index (κ2) is 4.74. The van der Waals surface area contributed by atoms with Crippen molar-refractivity contribution >= 4 is 0 Å². The number of fused-ring (bicyclic) bond motifs is 2. The fourth-order valence-corrected chi connectivity index (χ4v) is 5.38. The lowest BCUT2D eigenvalue weighted by Crippen LogP contribution is -2.67. The molecule has 4 heteroatoms. The van der Waals surface area contributed by atoms with Gasteiger partial charge in [-0.25, -0.2) is 9.78 Å². The van der Waals surface area contributed by atoms with Gasteiger partial charge in [-0.15, -0.1) is 0 Å². The molecule has 0 aromatic rings. The second-order valence-electron chi connectivity index (χ2n) is 9.24. The third-order valence-corrected chi connectivity index (χ3v) is 6.51. The quantitative estimate of drug-likeness (QED) is 0.613. The Morgan fingerprint density at radius 1 is 1.09 bits per heavy atom. The van der Waals surface area contributed by atoms with Crippen molar-refractivity contribution in [3.8, 4) is 0 Å². The highest BCUT2D eigenvalue weighted by Gasteiger charge is 2.68. The molecule has 3 saturated heterocycles. The van der Waals surface area contributed by atoms with E-state index >= 15 is 0 Å². The van der Waals surface area contributed by atoms with Crippen LogP contribution < -0.4 is 0 Å². The van der Waals surface area contributed by atoms with E-state index in [1.165, 1.54) is 12.0 Å². The van der Waals surface area contributed by atoms with Crippen molar-refractivity contribution < 1.29 is 19.2 Å². The van der Waals surface area contributed by atoms with Crippen molar-refractivity contribution in [1.82, 2.24) is 0 Å². The average molecular weight is 322 g/mol. The van der Waals surface area contributed by atoms with E-state index < -0.39 is 11.4 Å². The largest absolute Gasteiger partial charge is 0.465 e. The molecule has 0 N–H and O–H groups in total. The molecule has 5 rings (SSSR count). The molecule has 1 aliphatic carbocycles. The Balaban J connectivity index is 1.87. The van der Waals surface area contributed by atoms with Crippen LogP contribution in [0.25, 0.3) is 0 Å². The predicted molar refractivity (Wildman–Crippen MR) is 86.0 cm³/mol. The summed E-state index contributed by atoms with van der Waals surface area (Å²) in [6, 6.07) is 0. The maximum atomic E-state index is 6.47. The van der Waals surface area contributed by atoms with Gasteiger partial charge in [-0.2, -0.15) is 0 Å². The molecule has 1 spiro atoms. The molecule has 4 heterocycles. The summed E-state index contributed by atoms with van der Waals surface area (Å²) in [5.41, 5.74) is 0.816. The van der Waals surface area contributed by atoms with Gasteiger partial charge >= 0.3 is 0 Å². The molecule has 0 radical (unpaired) electrons. The van der Waals surface area contributed by atoms with Crippen molar-refractivity contribution in [1.29, 1.82) is 0 Å². The van der Waals surface area contributed by atoms with Crippen LogP contribution in [0.4, 0.5) is 0 Å². The summed E-state index contributed by atoms with van der Waals surface area (Å²) in [5, 5.41) is 0. The zero-order chi connectivity index (χ0) is 16.6. The lowest BCUT2D eigenvalue weighted by Gasteiger charge is -2.58. The minimum absolute atomic E-state index is 0.0269. The summed E-state index contributed by atoms with van der Waals surface area (Å²) in [6.45, 7) is 13.2. The molecule has 23 heavy (non-hydrogen) atoms. The number of rotatable bonds is 0. The van der Waals surface area contributed by atoms with Gasteiger partial charge in [0.25, 0.3) is 0 Å². The van der Waals surface area contributed by atoms with Crippen LogP contribution in [0.3, 0.4) is 0 Å². The topological polar surface area (TPSA) is 36.9 Å². The normalized spacial score (nSPS) is 49.5. The highest BCUT2D eigenvalue weighted by molar-refractivity contribution is 5.26. The van der Waals surface area contributed by atoms with Crippen LogP contribution in [0.2, 0.25) is 0 Å². The first-order chi connectivity index (χ1) is 10.7. The molecule has 130 valence electrons. The Bertz CT molecular complexity index is 548. The van der Waals surface area contributed by atoms with Crippen LogP contribution in [0.1, 0.15) is 67.2 Å². The van der Waals surface area contributed by atoms with E-state index in [2.05, 4.69) is 34.6 Å². The van der Waals surface area contributed by atoms with Gasteiger partial charge in [0, 0.05) is 23.7 Å². The summed E-state index contributed by atoms with van der Waals surface area (Å²) in [5.74, 6) is 1.73. The lowest BCUT2D eigenvalue weighted by molar-refractivity contribution is -0.556. The Morgan fingerprint density at radius 3 is 2.52 bits per heavy atom. The van der Waals surface area contributed by atoms with Gasteiger partial charge in [-0.3, -0.25) is 0 Å². The van der Waals surface area contributed by atoms with E-state index in [-0.39, 0.29) is 11.7 Å². The highest BCUT2D eigenvalue weighted by Crippen LogP contribution is 2.61. The second-order valence-corrected chi connectivity index (χ2v) is 9.24. The molecule has 1 saturated carbocycles. The van der Waals surface area contributed by atoms with Crippen molar-refractivity contribution in [3.05, 3.63) is 11.3 Å². The van der Waals surface area contributed by atoms with Gasteiger partial charge in [0.1, 0.15) is 5.76 Å². The van der Waals surface area contributed by atoms with Crippen LogP contribution in [-0.4, -0.2) is 17.7 Å². The van der Waals surface area contributed by atoms with Crippen molar-refractivity contribution in [2.75, 3.05) is 0 Å². The SMILES string of the molecule is CC1=C(C(C)(C)C)O[C@@H]2O[C@]3(C)CC[C@H]4[C@H](C)CC[C@@H]1[C@@]24OO3. The van der Waals surface area contributed by atoms with Crippen molar-refractivity contribution in [2.24, 2.45) is 23.2 Å². The van der Waals surface area contributed by atoms with Crippen LogP contribution in [0.15, 0.2) is 11.3 Å². The smallest absolute Gasteiger partial charge is 0.235 e. The Morgan fingerprint density at radius 2 is 1.83 bits per heavy atom. The monoisotopic (exact) mass is 322 g/mol. The summed E-state index contributed by atoms with van der Waals surface area (Å²) >= 11 is 0. The fourth-order valence-electron chi connectivity index (χ4n) is 5.38. The van der Waals surface area contributed by atoms with Gasteiger partial charge in [0.05, 0.1) is 0 Å². The maximum absolute atomic E-state index is 6.47. The minimum Gasteiger partial charge on any atom is -0.465 e. The van der Waals surface area contributed by atoms with Crippen LogP contribution in [0, 0.1) is 23.2 Å². The standard InChI is InChI=1S/C19H30O4/c1-11-7-8-14-12(2)15(17(3,4)5)20-16-19(14)13(11)9-10-18(6,21-16)22-23-19/h11,13-14,16H,7-10H2,1-6H3/t11-,13+,14+,16-,18+,19-/m1/s1. The van der Waals surface area contributed by atoms with E-state index in [1.807, 2.05) is 6.92 Å². The first-order valence-corrected chi connectivity index (χ1v) is 9.10. The van der Waals surface area contributed by atoms with E-state index in [9.17, 15) is 0 Å². The van der Waals surface area contributed by atoms with Gasteiger partial charge < -0.3 is 9.47 Å². The molecular formula is C19H30O4. The molecule has 4 fully saturated rings. The maximum Gasteiger partial charge on any atom is 0.235 e. The number of allylic oxidation sites excluding steroid dienone is 1. The first-order valence-electron chi connectivity index (χ1n) is 9.10. The fraction of sp³-hybridized carbons (Fsp3) is 0.895. The Kier molecular flexibility index (Phi) is 3.28. The third kappa shape index (κ3) is 2.07. The summed E-state index contributed by atoms with van der Waals surface area (Å²) < 4.78 is 12.8. The number of hydrogen-bond donors (Lipinski definition) is 0. The third-order valence-electron chi connectivity index (χ3n) is 6.51. The molecule has 4 nitrogen and oxygen atoms in total. The summed E-state index contributed by atoms with van der Waals surface area (Å²) in [4.78, 5) is 12.0. The zero-order valence-corrected chi connectivity index (χ0v) is 15.3. The zero-order valence-electron chi connectivity index (χ0n) is 15.3. The minimum atomic E-state index is -0.689. The van der Waals surface area contributed by atoms with E-state index in [4.69, 9.17) is 19.2 Å². The van der Waals surface area contributed by atoms with E-state index in [0.29, 0.717) is 17.8 Å². The van der Waals surface area contributed by atoms with Crippen LogP contribution in [-0.2, 0) is 19.2 Å². The van der Waals surface area contributed by atoms with Gasteiger partial charge in [0.15, 0.2) is 5.60 Å². The predicted octanol–water partition coefficient (Wildman–Crippen LogP) is 4.55. The molecule has 0 aromatic heterocycles. The number of hydrogen-bond acceptors (Lipinski definition) is 4. The Labute approximate surface area is 139 Å². The van der Waals surface area contributed by atoms with Crippen LogP contribution in [0.5, 0.6) is 0 Å². The molecule has 5 aliphatic rings. The molecule has 0 aromatic carbocycles. The number of ether oxygens (including phenoxy) is 2. The molecule has 0 amide bonds. The summed E-state index contributed by atoms with van der Waals surface area (Å²) in [6.07, 6.45) is 3.93. The molecule has 4 aliphatic heterocycles. The van der Waals surface area contributed by atoms with Gasteiger partial charge in [-0.1, -0.05) is 27.7 Å². The Hall–Kier alpha value is -0.580.